The predicted octanol–water partition coefficient (Wildman–Crippen LogP) is -0.561. The number of aliphatic carboxylic acids is 1. The van der Waals surface area contributed by atoms with Gasteiger partial charge < -0.3 is 34.9 Å². The summed E-state index contributed by atoms with van der Waals surface area (Å²) in [6.45, 7) is 0. The summed E-state index contributed by atoms with van der Waals surface area (Å²) in [7, 11) is 0. The minimum atomic E-state index is -1.74. The van der Waals surface area contributed by atoms with Crippen LogP contribution in [0.25, 0.3) is 10.9 Å². The number of aliphatic hydroxyl groups excluding tert-OH is 3. The van der Waals surface area contributed by atoms with Crippen LogP contribution in [0.15, 0.2) is 30.5 Å². The molecule has 2 unspecified atom stereocenters. The molecular weight excluding hydrogens is 294 g/mol. The van der Waals surface area contributed by atoms with Gasteiger partial charge in [0.1, 0.15) is 24.1 Å². The summed E-state index contributed by atoms with van der Waals surface area (Å²) in [6.07, 6.45) is -6.58. The molecule has 8 heteroatoms. The lowest BCUT2D eigenvalue weighted by molar-refractivity contribution is -0.270. The molecule has 1 fully saturated rings. The first-order chi connectivity index (χ1) is 10.5. The van der Waals surface area contributed by atoms with E-state index in [0.717, 1.165) is 5.52 Å². The van der Waals surface area contributed by atoms with Gasteiger partial charge in [0, 0.05) is 17.1 Å². The fourth-order valence-corrected chi connectivity index (χ4v) is 2.42. The number of benzene rings is 1. The molecule has 5 atom stereocenters. The Morgan fingerprint density at radius 2 is 1.86 bits per heavy atom. The normalized spacial score (nSPS) is 32.0. The van der Waals surface area contributed by atoms with Gasteiger partial charge in [0.25, 0.3) is 0 Å². The van der Waals surface area contributed by atoms with E-state index in [9.17, 15) is 20.1 Å². The zero-order valence-electron chi connectivity index (χ0n) is 11.3. The van der Waals surface area contributed by atoms with Crippen molar-refractivity contribution in [1.82, 2.24) is 4.98 Å². The number of hydrogen-bond donors (Lipinski definition) is 5. The first-order valence-electron chi connectivity index (χ1n) is 6.64. The maximum Gasteiger partial charge on any atom is 0.335 e. The summed E-state index contributed by atoms with van der Waals surface area (Å²) in [5.74, 6) is -1.11. The number of rotatable bonds is 3. The van der Waals surface area contributed by atoms with Crippen LogP contribution in [0.2, 0.25) is 0 Å². The van der Waals surface area contributed by atoms with Crippen LogP contribution in [0.4, 0.5) is 0 Å². The van der Waals surface area contributed by atoms with Crippen LogP contribution in [-0.4, -0.2) is 62.1 Å². The molecule has 8 nitrogen and oxygen atoms in total. The smallest absolute Gasteiger partial charge is 0.335 e. The van der Waals surface area contributed by atoms with Gasteiger partial charge in [-0.3, -0.25) is 0 Å². The number of fused-ring (bicyclic) bond motifs is 1. The quantitative estimate of drug-likeness (QED) is 0.513. The van der Waals surface area contributed by atoms with Crippen LogP contribution in [0.1, 0.15) is 0 Å². The summed E-state index contributed by atoms with van der Waals surface area (Å²) < 4.78 is 10.6. The van der Waals surface area contributed by atoms with E-state index < -0.39 is 36.7 Å². The number of aliphatic hydroxyl groups is 3. The second-order valence-electron chi connectivity index (χ2n) is 5.05. The summed E-state index contributed by atoms with van der Waals surface area (Å²) in [5.41, 5.74) is 0.790. The molecule has 2 aromatic rings. The molecule has 0 bridgehead atoms. The van der Waals surface area contributed by atoms with Crippen LogP contribution in [0, 0.1) is 0 Å². The van der Waals surface area contributed by atoms with Gasteiger partial charge in [-0.25, -0.2) is 4.79 Å². The topological polar surface area (TPSA) is 132 Å². The fraction of sp³-hybridized carbons (Fsp3) is 0.357. The first kappa shape index (κ1) is 14.8. The van der Waals surface area contributed by atoms with Crippen LogP contribution in [-0.2, 0) is 9.53 Å². The van der Waals surface area contributed by atoms with Crippen molar-refractivity contribution in [3.8, 4) is 5.75 Å². The van der Waals surface area contributed by atoms with Gasteiger partial charge in [0.2, 0.25) is 6.29 Å². The number of carboxylic acids is 1. The Labute approximate surface area is 124 Å². The number of ether oxygens (including phenoxy) is 2. The van der Waals surface area contributed by atoms with Gasteiger partial charge in [-0.2, -0.15) is 0 Å². The Bertz CT molecular complexity index is 685. The van der Waals surface area contributed by atoms with Crippen LogP contribution < -0.4 is 4.74 Å². The highest BCUT2D eigenvalue weighted by atomic mass is 16.7. The highest BCUT2D eigenvalue weighted by Crippen LogP contribution is 2.29. The van der Waals surface area contributed by atoms with Crippen molar-refractivity contribution in [2.45, 2.75) is 30.7 Å². The number of nitrogens with one attached hydrogen (secondary N) is 1. The molecule has 1 aromatic heterocycles. The second-order valence-corrected chi connectivity index (χ2v) is 5.05. The lowest BCUT2D eigenvalue weighted by Crippen LogP contribution is -2.61. The Hall–Kier alpha value is -2.13. The highest BCUT2D eigenvalue weighted by molar-refractivity contribution is 5.85. The molecule has 1 aliphatic heterocycles. The largest absolute Gasteiger partial charge is 0.479 e. The molecule has 22 heavy (non-hydrogen) atoms. The predicted molar refractivity (Wildman–Crippen MR) is 73.2 cm³/mol. The Morgan fingerprint density at radius 1 is 1.14 bits per heavy atom. The van der Waals surface area contributed by atoms with E-state index in [0.29, 0.717) is 11.1 Å². The van der Waals surface area contributed by atoms with E-state index in [1.54, 1.807) is 12.1 Å². The van der Waals surface area contributed by atoms with Crippen molar-refractivity contribution < 1.29 is 34.7 Å². The van der Waals surface area contributed by atoms with Gasteiger partial charge in [-0.05, 0) is 12.1 Å². The van der Waals surface area contributed by atoms with Crippen LogP contribution >= 0.6 is 0 Å². The van der Waals surface area contributed by atoms with Gasteiger partial charge >= 0.3 is 5.97 Å². The average Bonchev–Trinajstić information content (AvgIpc) is 2.91. The van der Waals surface area contributed by atoms with Gasteiger partial charge in [0.15, 0.2) is 6.10 Å². The van der Waals surface area contributed by atoms with Crippen molar-refractivity contribution in [2.24, 2.45) is 0 Å². The molecule has 1 saturated heterocycles. The molecule has 0 amide bonds. The minimum absolute atomic E-state index is 0.340. The van der Waals surface area contributed by atoms with Gasteiger partial charge in [0.05, 0.1) is 0 Å². The third-order valence-corrected chi connectivity index (χ3v) is 3.61. The molecule has 3 rings (SSSR count). The van der Waals surface area contributed by atoms with Crippen LogP contribution in [0.5, 0.6) is 5.75 Å². The molecule has 2 heterocycles. The molecule has 5 N–H and O–H groups in total. The average molecular weight is 309 g/mol. The van der Waals surface area contributed by atoms with E-state index >= 15 is 0 Å². The molecular formula is C14H15NO7. The Morgan fingerprint density at radius 3 is 2.59 bits per heavy atom. The SMILES string of the molecule is O=C(O)C1O[C@@H](Oc2c[nH]c3ccccc23)C(O)[C@@H](O)[C@@H]1O. The summed E-state index contributed by atoms with van der Waals surface area (Å²) in [4.78, 5) is 14.0. The maximum absolute atomic E-state index is 11.0. The summed E-state index contributed by atoms with van der Waals surface area (Å²) in [5, 5.41) is 39.0. The number of aromatic amines is 1. The summed E-state index contributed by atoms with van der Waals surface area (Å²) in [6, 6.07) is 7.21. The number of aromatic nitrogens is 1. The molecule has 0 spiro atoms. The molecule has 1 aromatic carbocycles. The molecule has 118 valence electrons. The third-order valence-electron chi connectivity index (χ3n) is 3.61. The summed E-state index contributed by atoms with van der Waals surface area (Å²) >= 11 is 0. The van der Waals surface area contributed by atoms with Crippen LogP contribution in [0.3, 0.4) is 0 Å². The van der Waals surface area contributed by atoms with Crippen molar-refractivity contribution in [2.75, 3.05) is 0 Å². The third kappa shape index (κ3) is 2.42. The van der Waals surface area contributed by atoms with Crippen molar-refractivity contribution in [1.29, 1.82) is 0 Å². The van der Waals surface area contributed by atoms with E-state index in [1.165, 1.54) is 6.20 Å². The lowest BCUT2D eigenvalue weighted by Gasteiger charge is -2.38. The Balaban J connectivity index is 1.85. The molecule has 0 radical (unpaired) electrons. The number of para-hydroxylation sites is 1. The molecule has 1 aliphatic rings. The van der Waals surface area contributed by atoms with Gasteiger partial charge in [-0.15, -0.1) is 0 Å². The zero-order valence-corrected chi connectivity index (χ0v) is 11.3. The van der Waals surface area contributed by atoms with E-state index in [2.05, 4.69) is 4.98 Å². The van der Waals surface area contributed by atoms with E-state index in [4.69, 9.17) is 14.6 Å². The molecule has 0 saturated carbocycles. The van der Waals surface area contributed by atoms with Crippen molar-refractivity contribution in [3.05, 3.63) is 30.5 Å². The van der Waals surface area contributed by atoms with Gasteiger partial charge in [-0.1, -0.05) is 12.1 Å². The van der Waals surface area contributed by atoms with E-state index in [1.807, 2.05) is 12.1 Å². The fourth-order valence-electron chi connectivity index (χ4n) is 2.42. The van der Waals surface area contributed by atoms with Crippen molar-refractivity contribution in [3.63, 3.8) is 0 Å². The monoisotopic (exact) mass is 309 g/mol. The van der Waals surface area contributed by atoms with E-state index in [-0.39, 0.29) is 0 Å². The molecule has 0 aliphatic carbocycles. The lowest BCUT2D eigenvalue weighted by atomic mass is 9.99. The number of carbonyl (C=O) groups is 1. The number of hydrogen-bond acceptors (Lipinski definition) is 6. The Kier molecular flexibility index (Phi) is 3.75. The second kappa shape index (κ2) is 5.58. The number of carboxylic acid groups (broad SMARTS) is 1. The maximum atomic E-state index is 11.0. The zero-order chi connectivity index (χ0) is 15.9. The first-order valence-corrected chi connectivity index (χ1v) is 6.64. The minimum Gasteiger partial charge on any atom is -0.479 e. The number of H-pyrrole nitrogens is 1. The standard InChI is InChI=1S/C14H15NO7/c16-9-10(17)12(13(19)20)22-14(11(9)18)21-8-5-15-7-4-2-1-3-6(7)8/h1-5,9-12,14-18H,(H,19,20)/t9-,10-,11?,12?,14+/m0/s1. The van der Waals surface area contributed by atoms with Crippen molar-refractivity contribution >= 4 is 16.9 Å². The highest BCUT2D eigenvalue weighted by Gasteiger charge is 2.48.